The van der Waals surface area contributed by atoms with Crippen molar-refractivity contribution in [3.8, 4) is 0 Å². The number of nitrogens with zero attached hydrogens (tertiary/aromatic N) is 3. The number of amides is 2. The first-order valence-corrected chi connectivity index (χ1v) is 9.55. The number of carbonyl (C=O) groups is 2. The smallest absolute Gasteiger partial charge is 0.322 e. The molecule has 8 heteroatoms. The number of piperidine rings is 2. The van der Waals surface area contributed by atoms with Gasteiger partial charge in [-0.05, 0) is 38.8 Å². The minimum absolute atomic E-state index is 0.0518. The van der Waals surface area contributed by atoms with E-state index >= 15 is 0 Å². The summed E-state index contributed by atoms with van der Waals surface area (Å²) in [6, 6.07) is 0.898. The number of rotatable bonds is 3. The summed E-state index contributed by atoms with van der Waals surface area (Å²) < 4.78 is 0. The van der Waals surface area contributed by atoms with Gasteiger partial charge in [-0.3, -0.25) is 9.69 Å². The molecule has 0 radical (unpaired) electrons. The van der Waals surface area contributed by atoms with Crippen molar-refractivity contribution in [1.29, 1.82) is 0 Å². The highest BCUT2D eigenvalue weighted by Gasteiger charge is 2.29. The Hall–Kier alpha value is -1.38. The van der Waals surface area contributed by atoms with E-state index in [9.17, 15) is 9.59 Å². The maximum atomic E-state index is 12.5. The van der Waals surface area contributed by atoms with Gasteiger partial charge in [0.15, 0.2) is 0 Å². The molecule has 2 amide bonds. The minimum atomic E-state index is -0.283. The van der Waals surface area contributed by atoms with Crippen LogP contribution in [0.15, 0.2) is 0 Å². The number of urea groups is 1. The largest absolute Gasteiger partial charge is 0.368 e. The predicted molar refractivity (Wildman–Crippen MR) is 93.9 cm³/mol. The lowest BCUT2D eigenvalue weighted by atomic mass is 10.0. The maximum Gasteiger partial charge on any atom is 0.322 e. The fourth-order valence-corrected chi connectivity index (χ4v) is 4.00. The molecule has 0 aromatic heterocycles. The molecule has 142 valence electrons. The molecule has 3 heterocycles. The van der Waals surface area contributed by atoms with Crippen LogP contribution in [0.4, 0.5) is 4.79 Å². The van der Waals surface area contributed by atoms with Crippen LogP contribution < -0.4 is 10.6 Å². The molecule has 3 aliphatic heterocycles. The second-order valence-corrected chi connectivity index (χ2v) is 7.24. The molecule has 0 spiro atoms. The quantitative estimate of drug-likeness (QED) is 0.744. The maximum absolute atomic E-state index is 12.5. The second-order valence-electron chi connectivity index (χ2n) is 7.24. The van der Waals surface area contributed by atoms with Crippen LogP contribution in [0.25, 0.3) is 0 Å². The summed E-state index contributed by atoms with van der Waals surface area (Å²) in [4.78, 5) is 33.0. The van der Waals surface area contributed by atoms with Crippen molar-refractivity contribution in [3.63, 3.8) is 0 Å². The molecule has 2 N–H and O–H groups in total. The number of hydrogen-bond donors (Lipinski definition) is 2. The Kier molecular flexibility index (Phi) is 6.50. The van der Waals surface area contributed by atoms with Crippen LogP contribution in [0.1, 0.15) is 32.6 Å². The molecule has 0 bridgehead atoms. The summed E-state index contributed by atoms with van der Waals surface area (Å²) in [5, 5.41) is 8.24. The Morgan fingerprint density at radius 3 is 2.20 bits per heavy atom. The van der Waals surface area contributed by atoms with Crippen LogP contribution in [0.3, 0.4) is 0 Å². The molecule has 0 aromatic rings. The number of nitrogens with one attached hydrogen (secondary N) is 2. The molecule has 0 atom stereocenters. The Labute approximate surface area is 149 Å². The molecular weight excluding hydrogens is 322 g/mol. The first-order chi connectivity index (χ1) is 12.1. The Morgan fingerprint density at radius 1 is 0.960 bits per heavy atom. The van der Waals surface area contributed by atoms with Crippen LogP contribution in [-0.2, 0) is 9.63 Å². The summed E-state index contributed by atoms with van der Waals surface area (Å²) >= 11 is 0. The number of carbonyl (C=O) groups excluding carboxylic acids is 2. The molecule has 3 rings (SSSR count). The average molecular weight is 353 g/mol. The average Bonchev–Trinajstić information content (AvgIpc) is 2.64. The minimum Gasteiger partial charge on any atom is -0.368 e. The van der Waals surface area contributed by atoms with Crippen LogP contribution in [0.5, 0.6) is 0 Å². The van der Waals surface area contributed by atoms with Crippen LogP contribution in [-0.4, -0.2) is 91.3 Å². The zero-order valence-corrected chi connectivity index (χ0v) is 15.2. The molecule has 0 aromatic carbocycles. The third kappa shape index (κ3) is 5.29. The number of hydroxylamine groups is 2. The van der Waals surface area contributed by atoms with E-state index in [2.05, 4.69) is 15.5 Å². The molecule has 3 saturated heterocycles. The SMILES string of the molecule is CC(=O)ON1CCC(NC(=O)N2CCN(C3CCNCC3)CC2)CC1. The highest BCUT2D eigenvalue weighted by atomic mass is 16.7. The van der Waals surface area contributed by atoms with Gasteiger partial charge in [0.05, 0.1) is 0 Å². The van der Waals surface area contributed by atoms with E-state index in [0.717, 1.165) is 52.1 Å². The molecule has 3 fully saturated rings. The second kappa shape index (κ2) is 8.82. The standard InChI is InChI=1S/C17H31N5O3/c1-14(23)25-22-8-4-15(5-9-22)19-17(24)21-12-10-20(11-13-21)16-2-6-18-7-3-16/h15-16,18H,2-13H2,1H3,(H,19,24). The van der Waals surface area contributed by atoms with Crippen molar-refractivity contribution in [2.45, 2.75) is 44.7 Å². The number of hydrogen-bond acceptors (Lipinski definition) is 6. The van der Waals surface area contributed by atoms with Crippen molar-refractivity contribution in [2.75, 3.05) is 52.4 Å². The highest BCUT2D eigenvalue weighted by Crippen LogP contribution is 2.15. The molecule has 0 saturated carbocycles. The van der Waals surface area contributed by atoms with E-state index in [4.69, 9.17) is 4.84 Å². The monoisotopic (exact) mass is 353 g/mol. The third-order valence-electron chi connectivity index (χ3n) is 5.47. The topological polar surface area (TPSA) is 77.2 Å². The fourth-order valence-electron chi connectivity index (χ4n) is 4.00. The van der Waals surface area contributed by atoms with Gasteiger partial charge in [-0.15, -0.1) is 5.06 Å². The van der Waals surface area contributed by atoms with Crippen LogP contribution in [0.2, 0.25) is 0 Å². The van der Waals surface area contributed by atoms with E-state index in [0.29, 0.717) is 19.1 Å². The van der Waals surface area contributed by atoms with Crippen LogP contribution in [0, 0.1) is 0 Å². The van der Waals surface area contributed by atoms with Gasteiger partial charge in [0, 0.05) is 58.3 Å². The van der Waals surface area contributed by atoms with Gasteiger partial charge >= 0.3 is 12.0 Å². The van der Waals surface area contributed by atoms with Gasteiger partial charge in [0.1, 0.15) is 0 Å². The van der Waals surface area contributed by atoms with Crippen molar-refractivity contribution < 1.29 is 14.4 Å². The third-order valence-corrected chi connectivity index (χ3v) is 5.47. The van der Waals surface area contributed by atoms with Gasteiger partial charge < -0.3 is 20.4 Å². The molecule has 0 unspecified atom stereocenters. The first kappa shape index (κ1) is 18.4. The summed E-state index contributed by atoms with van der Waals surface area (Å²) in [5.74, 6) is -0.283. The lowest BCUT2D eigenvalue weighted by Crippen LogP contribution is -2.57. The lowest BCUT2D eigenvalue weighted by molar-refractivity contribution is -0.192. The Morgan fingerprint density at radius 2 is 1.60 bits per heavy atom. The summed E-state index contributed by atoms with van der Waals surface area (Å²) in [5.41, 5.74) is 0. The number of piperazine rings is 1. The first-order valence-electron chi connectivity index (χ1n) is 9.55. The van der Waals surface area contributed by atoms with Crippen molar-refractivity contribution >= 4 is 12.0 Å². The molecule has 3 aliphatic rings. The Balaban J connectivity index is 1.36. The highest BCUT2D eigenvalue weighted by molar-refractivity contribution is 5.74. The van der Waals surface area contributed by atoms with Gasteiger partial charge in [-0.25, -0.2) is 4.79 Å². The van der Waals surface area contributed by atoms with E-state index in [-0.39, 0.29) is 18.0 Å². The van der Waals surface area contributed by atoms with Crippen molar-refractivity contribution in [1.82, 2.24) is 25.5 Å². The van der Waals surface area contributed by atoms with Crippen molar-refractivity contribution in [3.05, 3.63) is 0 Å². The Bertz CT molecular complexity index is 453. The van der Waals surface area contributed by atoms with Gasteiger partial charge in [0.2, 0.25) is 0 Å². The van der Waals surface area contributed by atoms with E-state index in [1.54, 1.807) is 5.06 Å². The van der Waals surface area contributed by atoms with E-state index in [1.165, 1.54) is 19.8 Å². The van der Waals surface area contributed by atoms with Gasteiger partial charge in [0.25, 0.3) is 0 Å². The zero-order chi connectivity index (χ0) is 17.6. The van der Waals surface area contributed by atoms with E-state index in [1.807, 2.05) is 4.90 Å². The lowest BCUT2D eigenvalue weighted by Gasteiger charge is -2.41. The molecule has 0 aliphatic carbocycles. The zero-order valence-electron chi connectivity index (χ0n) is 15.2. The predicted octanol–water partition coefficient (Wildman–Crippen LogP) is 0.00810. The van der Waals surface area contributed by atoms with Crippen LogP contribution >= 0.6 is 0 Å². The van der Waals surface area contributed by atoms with E-state index < -0.39 is 0 Å². The normalized spacial score (nSPS) is 24.9. The fraction of sp³-hybridized carbons (Fsp3) is 0.882. The van der Waals surface area contributed by atoms with Crippen molar-refractivity contribution in [2.24, 2.45) is 0 Å². The molecule has 25 heavy (non-hydrogen) atoms. The summed E-state index contributed by atoms with van der Waals surface area (Å²) in [7, 11) is 0. The molecular formula is C17H31N5O3. The summed E-state index contributed by atoms with van der Waals surface area (Å²) in [6.07, 6.45) is 4.06. The summed E-state index contributed by atoms with van der Waals surface area (Å²) in [6.45, 7) is 8.55. The van der Waals surface area contributed by atoms with Gasteiger partial charge in [-0.2, -0.15) is 0 Å². The molecule has 8 nitrogen and oxygen atoms in total. The van der Waals surface area contributed by atoms with Gasteiger partial charge in [-0.1, -0.05) is 0 Å².